The van der Waals surface area contributed by atoms with Crippen LogP contribution in [0, 0.1) is 11.6 Å². The summed E-state index contributed by atoms with van der Waals surface area (Å²) < 4.78 is 25.9. The van der Waals surface area contributed by atoms with Crippen LogP contribution in [0.15, 0.2) is 18.2 Å². The highest BCUT2D eigenvalue weighted by molar-refractivity contribution is 5.89. The number of unbranched alkanes of at least 4 members (excludes halogenated alkanes) is 1. The van der Waals surface area contributed by atoms with Crippen LogP contribution >= 0.6 is 0 Å². The van der Waals surface area contributed by atoms with Crippen LogP contribution in [0.5, 0.6) is 0 Å². The van der Waals surface area contributed by atoms with E-state index in [1.54, 1.807) is 4.90 Å². The lowest BCUT2D eigenvalue weighted by atomic mass is 10.2. The molecule has 21 heavy (non-hydrogen) atoms. The summed E-state index contributed by atoms with van der Waals surface area (Å²) in [7, 11) is 0. The summed E-state index contributed by atoms with van der Waals surface area (Å²) in [4.78, 5) is 16.1. The minimum Gasteiger partial charge on any atom is -0.322 e. The molecule has 0 aromatic heterocycles. The highest BCUT2D eigenvalue weighted by Crippen LogP contribution is 2.14. The summed E-state index contributed by atoms with van der Waals surface area (Å²) in [5.74, 6) is -1.88. The van der Waals surface area contributed by atoms with Crippen molar-refractivity contribution < 1.29 is 13.6 Å². The maximum atomic E-state index is 13.1. The van der Waals surface area contributed by atoms with Gasteiger partial charge in [0.05, 0.1) is 0 Å². The van der Waals surface area contributed by atoms with Crippen molar-refractivity contribution in [3.05, 3.63) is 29.8 Å². The zero-order chi connectivity index (χ0) is 15.2. The van der Waals surface area contributed by atoms with Crippen molar-refractivity contribution in [1.82, 2.24) is 9.80 Å². The SMILES string of the molecule is CCCCN1CCN(C(=O)Nc2ccc(F)c(F)c2)CC1. The number of halogens is 2. The van der Waals surface area contributed by atoms with Crippen molar-refractivity contribution in [3.8, 4) is 0 Å². The Morgan fingerprint density at radius 1 is 1.19 bits per heavy atom. The Morgan fingerprint density at radius 2 is 1.90 bits per heavy atom. The average molecular weight is 297 g/mol. The fourth-order valence-electron chi connectivity index (χ4n) is 2.33. The molecule has 2 amide bonds. The number of benzene rings is 1. The third-order valence-corrected chi connectivity index (χ3v) is 3.66. The normalized spacial score (nSPS) is 16.0. The number of hydrogen-bond acceptors (Lipinski definition) is 2. The van der Waals surface area contributed by atoms with Gasteiger partial charge in [-0.15, -0.1) is 0 Å². The van der Waals surface area contributed by atoms with Crippen molar-refractivity contribution in [2.24, 2.45) is 0 Å². The number of urea groups is 1. The number of hydrogen-bond donors (Lipinski definition) is 1. The van der Waals surface area contributed by atoms with E-state index < -0.39 is 11.6 Å². The van der Waals surface area contributed by atoms with Gasteiger partial charge < -0.3 is 10.2 Å². The van der Waals surface area contributed by atoms with Crippen molar-refractivity contribution in [3.63, 3.8) is 0 Å². The van der Waals surface area contributed by atoms with E-state index in [2.05, 4.69) is 17.1 Å². The fourth-order valence-corrected chi connectivity index (χ4v) is 2.33. The van der Waals surface area contributed by atoms with Crippen LogP contribution in [-0.2, 0) is 0 Å². The fraction of sp³-hybridized carbons (Fsp3) is 0.533. The molecule has 0 bridgehead atoms. The van der Waals surface area contributed by atoms with Crippen LogP contribution in [0.1, 0.15) is 19.8 Å². The first-order valence-electron chi connectivity index (χ1n) is 7.33. The molecule has 0 aliphatic carbocycles. The van der Waals surface area contributed by atoms with E-state index in [9.17, 15) is 13.6 Å². The van der Waals surface area contributed by atoms with Gasteiger partial charge in [0.2, 0.25) is 0 Å². The summed E-state index contributed by atoms with van der Waals surface area (Å²) in [6.07, 6.45) is 2.33. The minimum atomic E-state index is -0.961. The van der Waals surface area contributed by atoms with Crippen molar-refractivity contribution >= 4 is 11.7 Å². The molecule has 1 N–H and O–H groups in total. The van der Waals surface area contributed by atoms with E-state index in [1.807, 2.05) is 0 Å². The van der Waals surface area contributed by atoms with Crippen molar-refractivity contribution in [2.75, 3.05) is 38.0 Å². The second kappa shape index (κ2) is 7.36. The number of carbonyl (C=O) groups excluding carboxylic acids is 1. The Balaban J connectivity index is 1.83. The molecule has 1 aromatic rings. The van der Waals surface area contributed by atoms with Crippen LogP contribution in [0.2, 0.25) is 0 Å². The summed E-state index contributed by atoms with van der Waals surface area (Å²) in [5.41, 5.74) is 0.271. The molecular formula is C15H21F2N3O. The molecule has 2 rings (SSSR count). The predicted molar refractivity (Wildman–Crippen MR) is 78.3 cm³/mol. The van der Waals surface area contributed by atoms with E-state index in [0.717, 1.165) is 38.2 Å². The number of nitrogens with one attached hydrogen (secondary N) is 1. The first-order valence-corrected chi connectivity index (χ1v) is 7.33. The molecule has 0 atom stereocenters. The van der Waals surface area contributed by atoms with E-state index in [-0.39, 0.29) is 11.7 Å². The van der Waals surface area contributed by atoms with Gasteiger partial charge in [0.15, 0.2) is 11.6 Å². The lowest BCUT2D eigenvalue weighted by Crippen LogP contribution is -2.50. The molecule has 1 heterocycles. The van der Waals surface area contributed by atoms with Gasteiger partial charge in [0.25, 0.3) is 0 Å². The number of amides is 2. The van der Waals surface area contributed by atoms with Gasteiger partial charge in [-0.25, -0.2) is 13.6 Å². The van der Waals surface area contributed by atoms with Gasteiger partial charge in [-0.3, -0.25) is 4.90 Å². The summed E-state index contributed by atoms with van der Waals surface area (Å²) >= 11 is 0. The minimum absolute atomic E-state index is 0.267. The van der Waals surface area contributed by atoms with Gasteiger partial charge in [0.1, 0.15) is 0 Å². The molecule has 0 radical (unpaired) electrons. The van der Waals surface area contributed by atoms with Crippen molar-refractivity contribution in [1.29, 1.82) is 0 Å². The van der Waals surface area contributed by atoms with E-state index >= 15 is 0 Å². The van der Waals surface area contributed by atoms with Crippen molar-refractivity contribution in [2.45, 2.75) is 19.8 Å². The standard InChI is InChI=1S/C15H21F2N3O/c1-2-3-6-19-7-9-20(10-8-19)15(21)18-12-4-5-13(16)14(17)11-12/h4-5,11H,2-3,6-10H2,1H3,(H,18,21). The first kappa shape index (κ1) is 15.7. The average Bonchev–Trinajstić information content (AvgIpc) is 2.49. The second-order valence-corrected chi connectivity index (χ2v) is 5.24. The van der Waals surface area contributed by atoms with Crippen LogP contribution in [0.3, 0.4) is 0 Å². The summed E-state index contributed by atoms with van der Waals surface area (Å²) in [5, 5.41) is 2.60. The zero-order valence-electron chi connectivity index (χ0n) is 12.2. The number of rotatable bonds is 4. The van der Waals surface area contributed by atoms with Crippen LogP contribution in [0.25, 0.3) is 0 Å². The van der Waals surface area contributed by atoms with Gasteiger partial charge in [0, 0.05) is 37.9 Å². The molecule has 116 valence electrons. The Morgan fingerprint density at radius 3 is 2.52 bits per heavy atom. The number of carbonyl (C=O) groups is 1. The van der Waals surface area contributed by atoms with Crippen LogP contribution < -0.4 is 5.32 Å². The quantitative estimate of drug-likeness (QED) is 0.927. The lowest BCUT2D eigenvalue weighted by molar-refractivity contribution is 0.146. The second-order valence-electron chi connectivity index (χ2n) is 5.24. The monoisotopic (exact) mass is 297 g/mol. The number of piperazine rings is 1. The van der Waals surface area contributed by atoms with E-state index in [0.29, 0.717) is 13.1 Å². The van der Waals surface area contributed by atoms with Gasteiger partial charge >= 0.3 is 6.03 Å². The highest BCUT2D eigenvalue weighted by Gasteiger charge is 2.20. The maximum absolute atomic E-state index is 13.1. The molecule has 1 aliphatic rings. The molecule has 0 saturated carbocycles. The van der Waals surface area contributed by atoms with E-state index in [1.165, 1.54) is 12.5 Å². The molecule has 6 heteroatoms. The first-order chi connectivity index (χ1) is 10.1. The molecule has 0 spiro atoms. The topological polar surface area (TPSA) is 35.6 Å². The summed E-state index contributed by atoms with van der Waals surface area (Å²) in [6.45, 7) is 6.23. The summed E-state index contributed by atoms with van der Waals surface area (Å²) in [6, 6.07) is 3.09. The Bertz CT molecular complexity index is 488. The van der Waals surface area contributed by atoms with Crippen LogP contribution in [0.4, 0.5) is 19.3 Å². The van der Waals surface area contributed by atoms with Gasteiger partial charge in [-0.05, 0) is 25.1 Å². The van der Waals surface area contributed by atoms with Crippen LogP contribution in [-0.4, -0.2) is 48.6 Å². The highest BCUT2D eigenvalue weighted by atomic mass is 19.2. The largest absolute Gasteiger partial charge is 0.322 e. The van der Waals surface area contributed by atoms with Gasteiger partial charge in [-0.1, -0.05) is 13.3 Å². The third kappa shape index (κ3) is 4.39. The molecular weight excluding hydrogens is 276 g/mol. The third-order valence-electron chi connectivity index (χ3n) is 3.66. The molecule has 1 saturated heterocycles. The number of nitrogens with zero attached hydrogens (tertiary/aromatic N) is 2. The molecule has 4 nitrogen and oxygen atoms in total. The Hall–Kier alpha value is -1.69. The zero-order valence-corrected chi connectivity index (χ0v) is 12.2. The Kier molecular flexibility index (Phi) is 5.50. The Labute approximate surface area is 123 Å². The smallest absolute Gasteiger partial charge is 0.321 e. The molecule has 1 aliphatic heterocycles. The van der Waals surface area contributed by atoms with E-state index in [4.69, 9.17) is 0 Å². The lowest BCUT2D eigenvalue weighted by Gasteiger charge is -2.34. The molecule has 0 unspecified atom stereocenters. The number of anilines is 1. The predicted octanol–water partition coefficient (Wildman–Crippen LogP) is 2.91. The molecule has 1 aromatic carbocycles. The van der Waals surface area contributed by atoms with Gasteiger partial charge in [-0.2, -0.15) is 0 Å². The maximum Gasteiger partial charge on any atom is 0.321 e. The molecule has 1 fully saturated rings.